The van der Waals surface area contributed by atoms with Crippen molar-refractivity contribution in [2.24, 2.45) is 10.8 Å². The molecule has 0 aromatic rings. The Labute approximate surface area is 103 Å². The van der Waals surface area contributed by atoms with Gasteiger partial charge in [0, 0.05) is 0 Å². The normalized spacial score (nSPS) is 38.1. The van der Waals surface area contributed by atoms with Gasteiger partial charge in [0.25, 0.3) is 0 Å². The van der Waals surface area contributed by atoms with Gasteiger partial charge < -0.3 is 5.11 Å². The van der Waals surface area contributed by atoms with Crippen LogP contribution in [0.3, 0.4) is 0 Å². The second kappa shape index (κ2) is 2.97. The number of aliphatic hydroxyl groups is 1. The Balaban J connectivity index is 2.54. The lowest BCUT2D eigenvalue weighted by molar-refractivity contribution is 0.131. The first-order chi connectivity index (χ1) is 7.05. The zero-order chi connectivity index (χ0) is 12.4. The Hall–Kier alpha value is -0.210. The molecule has 2 aliphatic rings. The lowest BCUT2D eigenvalue weighted by Crippen LogP contribution is -2.43. The van der Waals surface area contributed by atoms with Crippen molar-refractivity contribution in [1.82, 2.24) is 0 Å². The van der Waals surface area contributed by atoms with E-state index in [9.17, 15) is 5.11 Å². The summed E-state index contributed by atoms with van der Waals surface area (Å²) < 4.78 is -0.132. The molecule has 0 amide bonds. The molecule has 1 fully saturated rings. The van der Waals surface area contributed by atoms with Gasteiger partial charge in [-0.1, -0.05) is 53.7 Å². The molecule has 2 heteroatoms. The van der Waals surface area contributed by atoms with Gasteiger partial charge in [0.15, 0.2) is 0 Å². The van der Waals surface area contributed by atoms with Gasteiger partial charge in [0.05, 0.1) is 4.75 Å². The van der Waals surface area contributed by atoms with Crippen molar-refractivity contribution in [3.63, 3.8) is 0 Å². The summed E-state index contributed by atoms with van der Waals surface area (Å²) >= 11 is 1.69. The van der Waals surface area contributed by atoms with Crippen LogP contribution in [0, 0.1) is 10.8 Å². The maximum Gasteiger partial charge on any atom is 0.149 e. The molecule has 2 unspecified atom stereocenters. The summed E-state index contributed by atoms with van der Waals surface area (Å²) in [5.74, 6) is 0. The predicted molar refractivity (Wildman–Crippen MR) is 71.4 cm³/mol. The first-order valence-corrected chi connectivity index (χ1v) is 6.69. The number of allylic oxidation sites excluding steroid dienone is 2. The Morgan fingerprint density at radius 2 is 1.69 bits per heavy atom. The van der Waals surface area contributed by atoms with Crippen molar-refractivity contribution < 1.29 is 5.11 Å². The molecule has 0 spiro atoms. The molecule has 0 aromatic heterocycles. The molecule has 16 heavy (non-hydrogen) atoms. The van der Waals surface area contributed by atoms with Gasteiger partial charge in [-0.05, 0) is 22.5 Å². The van der Waals surface area contributed by atoms with E-state index in [1.165, 1.54) is 5.57 Å². The molecule has 1 heterocycles. The molecule has 1 N–H and O–H groups in total. The van der Waals surface area contributed by atoms with Gasteiger partial charge in [-0.3, -0.25) is 0 Å². The van der Waals surface area contributed by atoms with E-state index in [1.54, 1.807) is 11.8 Å². The summed E-state index contributed by atoms with van der Waals surface area (Å²) in [5.41, 5.74) is 1.54. The SMILES string of the molecule is CC(C)(C)C1=CC=CC2(O)SC12C(C)(C)C. The average molecular weight is 238 g/mol. The van der Waals surface area contributed by atoms with Crippen LogP contribution in [0.1, 0.15) is 41.5 Å². The van der Waals surface area contributed by atoms with Crippen molar-refractivity contribution in [3.8, 4) is 0 Å². The third-order valence-electron chi connectivity index (χ3n) is 3.60. The van der Waals surface area contributed by atoms with Gasteiger partial charge in [-0.2, -0.15) is 0 Å². The molecule has 0 saturated carbocycles. The third kappa shape index (κ3) is 1.36. The van der Waals surface area contributed by atoms with E-state index in [0.29, 0.717) is 0 Å². The Morgan fingerprint density at radius 1 is 1.12 bits per heavy atom. The Morgan fingerprint density at radius 3 is 2.06 bits per heavy atom. The second-order valence-corrected chi connectivity index (χ2v) is 8.36. The standard InChI is InChI=1S/C14H22OS/c1-11(2,3)10-8-7-9-13(15)14(10,16-13)12(4,5)6/h7-9,15H,1-6H3. The number of hydrogen-bond acceptors (Lipinski definition) is 2. The van der Waals surface area contributed by atoms with Gasteiger partial charge in [0.1, 0.15) is 4.93 Å². The fourth-order valence-corrected chi connectivity index (χ4v) is 4.71. The van der Waals surface area contributed by atoms with Crippen LogP contribution in [0.4, 0.5) is 0 Å². The summed E-state index contributed by atoms with van der Waals surface area (Å²) in [4.78, 5) is -0.678. The molecule has 2 atom stereocenters. The van der Waals surface area contributed by atoms with E-state index in [4.69, 9.17) is 0 Å². The van der Waals surface area contributed by atoms with Crippen molar-refractivity contribution >= 4 is 11.8 Å². The first-order valence-electron chi connectivity index (χ1n) is 5.88. The minimum atomic E-state index is -0.678. The first kappa shape index (κ1) is 12.3. The zero-order valence-corrected chi connectivity index (χ0v) is 11.9. The summed E-state index contributed by atoms with van der Waals surface area (Å²) in [6.07, 6.45) is 6.14. The van der Waals surface area contributed by atoms with E-state index in [2.05, 4.69) is 47.6 Å². The lowest BCUT2D eigenvalue weighted by Gasteiger charge is -2.40. The van der Waals surface area contributed by atoms with Crippen LogP contribution in [0.5, 0.6) is 0 Å². The molecule has 0 aromatic carbocycles. The van der Waals surface area contributed by atoms with Gasteiger partial charge in [-0.25, -0.2) is 0 Å². The summed E-state index contributed by atoms with van der Waals surface area (Å²) in [6.45, 7) is 13.3. The monoisotopic (exact) mass is 238 g/mol. The van der Waals surface area contributed by atoms with Gasteiger partial charge >= 0.3 is 0 Å². The minimum absolute atomic E-state index is 0.0658. The Bertz CT molecular complexity index is 381. The van der Waals surface area contributed by atoms with E-state index in [1.807, 2.05) is 12.2 Å². The quantitative estimate of drug-likeness (QED) is 0.649. The highest BCUT2D eigenvalue weighted by Gasteiger charge is 2.75. The van der Waals surface area contributed by atoms with Crippen LogP contribution in [0.15, 0.2) is 23.8 Å². The van der Waals surface area contributed by atoms with Crippen LogP contribution >= 0.6 is 11.8 Å². The fourth-order valence-electron chi connectivity index (χ4n) is 2.87. The summed E-state index contributed by atoms with van der Waals surface area (Å²) in [6, 6.07) is 0. The molecule has 1 saturated heterocycles. The molecule has 1 aliphatic carbocycles. The van der Waals surface area contributed by atoms with E-state index >= 15 is 0 Å². The van der Waals surface area contributed by atoms with Crippen LogP contribution in [-0.2, 0) is 0 Å². The molecule has 1 nitrogen and oxygen atoms in total. The highest BCUT2D eigenvalue weighted by molar-refractivity contribution is 8.10. The highest BCUT2D eigenvalue weighted by atomic mass is 32.2. The topological polar surface area (TPSA) is 20.2 Å². The molecular weight excluding hydrogens is 216 g/mol. The Kier molecular flexibility index (Phi) is 2.27. The van der Waals surface area contributed by atoms with Gasteiger partial charge in [-0.15, -0.1) is 11.8 Å². The van der Waals surface area contributed by atoms with Crippen LogP contribution in [-0.4, -0.2) is 14.8 Å². The zero-order valence-electron chi connectivity index (χ0n) is 11.1. The van der Waals surface area contributed by atoms with Crippen molar-refractivity contribution in [3.05, 3.63) is 23.8 Å². The number of fused-ring (bicyclic) bond motifs is 1. The largest absolute Gasteiger partial charge is 0.374 e. The predicted octanol–water partition coefficient (Wildman–Crippen LogP) is 3.75. The van der Waals surface area contributed by atoms with E-state index < -0.39 is 4.93 Å². The van der Waals surface area contributed by atoms with Crippen molar-refractivity contribution in [1.29, 1.82) is 0 Å². The molecule has 0 bridgehead atoms. The minimum Gasteiger partial charge on any atom is -0.374 e. The molecule has 0 radical (unpaired) electrons. The number of thioether (sulfide) groups is 1. The van der Waals surface area contributed by atoms with E-state index in [0.717, 1.165) is 0 Å². The fraction of sp³-hybridized carbons (Fsp3) is 0.714. The van der Waals surface area contributed by atoms with Crippen molar-refractivity contribution in [2.45, 2.75) is 51.2 Å². The number of hydrogen-bond donors (Lipinski definition) is 1. The summed E-state index contributed by atoms with van der Waals surface area (Å²) in [5, 5.41) is 10.6. The molecular formula is C14H22OS. The third-order valence-corrected chi connectivity index (χ3v) is 5.60. The molecule has 90 valence electrons. The van der Waals surface area contributed by atoms with Gasteiger partial charge in [0.2, 0.25) is 0 Å². The van der Waals surface area contributed by atoms with E-state index in [-0.39, 0.29) is 15.6 Å². The van der Waals surface area contributed by atoms with Crippen molar-refractivity contribution in [2.75, 3.05) is 0 Å². The second-order valence-electron chi connectivity index (χ2n) is 6.92. The smallest absolute Gasteiger partial charge is 0.149 e. The van der Waals surface area contributed by atoms with Crippen LogP contribution in [0.2, 0.25) is 0 Å². The maximum absolute atomic E-state index is 10.6. The highest BCUT2D eigenvalue weighted by Crippen LogP contribution is 2.76. The summed E-state index contributed by atoms with van der Waals surface area (Å²) in [7, 11) is 0. The van der Waals surface area contributed by atoms with Crippen LogP contribution in [0.25, 0.3) is 0 Å². The number of rotatable bonds is 0. The van der Waals surface area contributed by atoms with Crippen LogP contribution < -0.4 is 0 Å². The molecule has 1 aliphatic heterocycles. The average Bonchev–Trinajstić information content (AvgIpc) is 2.68. The lowest BCUT2D eigenvalue weighted by atomic mass is 9.64. The maximum atomic E-state index is 10.6. The molecule has 2 rings (SSSR count).